The van der Waals surface area contributed by atoms with Gasteiger partial charge in [0.15, 0.2) is 5.96 Å². The van der Waals surface area contributed by atoms with Crippen LogP contribution in [0, 0.1) is 18.3 Å². The predicted octanol–water partition coefficient (Wildman–Crippen LogP) is 3.77. The maximum Gasteiger partial charge on any atom is 0.191 e. The van der Waals surface area contributed by atoms with Crippen molar-refractivity contribution in [3.05, 3.63) is 64.7 Å². The monoisotopic (exact) mass is 508 g/mol. The summed E-state index contributed by atoms with van der Waals surface area (Å²) in [5.41, 5.74) is 3.87. The fraction of sp³-hybridized carbons (Fsp3) is 0.364. The minimum atomic E-state index is 0. The summed E-state index contributed by atoms with van der Waals surface area (Å²) >= 11 is 0. The van der Waals surface area contributed by atoms with Gasteiger partial charge in [-0.2, -0.15) is 5.26 Å². The molecule has 0 heterocycles. The van der Waals surface area contributed by atoms with E-state index in [4.69, 9.17) is 14.7 Å². The van der Waals surface area contributed by atoms with E-state index in [9.17, 15) is 0 Å². The fourth-order valence-corrected chi connectivity index (χ4v) is 2.63. The van der Waals surface area contributed by atoms with Crippen molar-refractivity contribution in [2.75, 3.05) is 26.9 Å². The lowest BCUT2D eigenvalue weighted by Crippen LogP contribution is -2.36. The summed E-state index contributed by atoms with van der Waals surface area (Å²) in [7, 11) is 1.73. The number of hydrogen-bond donors (Lipinski definition) is 2. The van der Waals surface area contributed by atoms with E-state index in [2.05, 4.69) is 33.8 Å². The second-order valence-electron chi connectivity index (χ2n) is 6.25. The van der Waals surface area contributed by atoms with Gasteiger partial charge in [0.2, 0.25) is 0 Å². The minimum absolute atomic E-state index is 0. The minimum Gasteiger partial charge on any atom is -0.491 e. The summed E-state index contributed by atoms with van der Waals surface area (Å²) in [5, 5.41) is 15.6. The first kappa shape index (κ1) is 24.7. The average molecular weight is 508 g/mol. The molecule has 0 atom stereocenters. The Bertz CT molecular complexity index is 834. The van der Waals surface area contributed by atoms with Crippen LogP contribution >= 0.6 is 24.0 Å². The van der Waals surface area contributed by atoms with Gasteiger partial charge in [0.1, 0.15) is 12.4 Å². The van der Waals surface area contributed by atoms with E-state index in [1.165, 1.54) is 0 Å². The molecule has 0 unspecified atom stereocenters. The fourth-order valence-electron chi connectivity index (χ4n) is 2.63. The molecule has 29 heavy (non-hydrogen) atoms. The molecule has 2 rings (SSSR count). The molecule has 156 valence electrons. The van der Waals surface area contributed by atoms with Crippen LogP contribution < -0.4 is 15.4 Å². The Labute approximate surface area is 190 Å². The Morgan fingerprint density at radius 1 is 1.10 bits per heavy atom. The number of ether oxygens (including phenoxy) is 2. The molecule has 0 aliphatic carbocycles. The second-order valence-corrected chi connectivity index (χ2v) is 6.25. The average Bonchev–Trinajstić information content (AvgIpc) is 2.72. The van der Waals surface area contributed by atoms with Crippen LogP contribution in [0.4, 0.5) is 0 Å². The van der Waals surface area contributed by atoms with E-state index in [0.29, 0.717) is 44.4 Å². The molecule has 2 N–H and O–H groups in total. The van der Waals surface area contributed by atoms with E-state index in [1.54, 1.807) is 13.1 Å². The molecule has 6 nitrogen and oxygen atoms in total. The van der Waals surface area contributed by atoms with E-state index < -0.39 is 0 Å². The van der Waals surface area contributed by atoms with Crippen molar-refractivity contribution in [2.24, 2.45) is 4.99 Å². The maximum atomic E-state index is 9.01. The van der Waals surface area contributed by atoms with E-state index >= 15 is 0 Å². The molecule has 0 saturated carbocycles. The lowest BCUT2D eigenvalue weighted by molar-refractivity contribution is 0.110. The van der Waals surface area contributed by atoms with Crippen molar-refractivity contribution in [2.45, 2.75) is 26.9 Å². The number of nitrogens with one attached hydrogen (secondary N) is 2. The van der Waals surface area contributed by atoms with Gasteiger partial charge in [-0.25, -0.2) is 0 Å². The van der Waals surface area contributed by atoms with Crippen LogP contribution in [0.2, 0.25) is 0 Å². The van der Waals surface area contributed by atoms with Gasteiger partial charge in [-0.15, -0.1) is 24.0 Å². The van der Waals surface area contributed by atoms with Crippen LogP contribution in [0.25, 0.3) is 0 Å². The highest BCUT2D eigenvalue weighted by Crippen LogP contribution is 2.20. The first-order valence-corrected chi connectivity index (χ1v) is 9.40. The van der Waals surface area contributed by atoms with E-state index in [1.807, 2.05) is 38.1 Å². The van der Waals surface area contributed by atoms with Gasteiger partial charge in [0.05, 0.1) is 18.2 Å². The number of hydrogen-bond acceptors (Lipinski definition) is 4. The molecule has 0 fully saturated rings. The quantitative estimate of drug-likeness (QED) is 0.234. The zero-order valence-corrected chi connectivity index (χ0v) is 19.5. The molecule has 2 aromatic carbocycles. The summed E-state index contributed by atoms with van der Waals surface area (Å²) in [5.74, 6) is 1.53. The Balaban J connectivity index is 0.00000420. The van der Waals surface area contributed by atoms with Gasteiger partial charge in [-0.05, 0) is 43.2 Å². The second kappa shape index (κ2) is 13.8. The lowest BCUT2D eigenvalue weighted by atomic mass is 10.1. The number of nitriles is 1. The third-order valence-corrected chi connectivity index (χ3v) is 4.10. The lowest BCUT2D eigenvalue weighted by Gasteiger charge is -2.15. The van der Waals surface area contributed by atoms with Crippen molar-refractivity contribution in [3.8, 4) is 11.8 Å². The molecular formula is C22H29IN4O2. The maximum absolute atomic E-state index is 9.01. The van der Waals surface area contributed by atoms with Gasteiger partial charge < -0.3 is 20.1 Å². The number of benzene rings is 2. The van der Waals surface area contributed by atoms with Gasteiger partial charge in [0.25, 0.3) is 0 Å². The smallest absolute Gasteiger partial charge is 0.191 e. The largest absolute Gasteiger partial charge is 0.491 e. The molecule has 0 bridgehead atoms. The third kappa shape index (κ3) is 8.71. The van der Waals surface area contributed by atoms with Gasteiger partial charge in [-0.1, -0.05) is 24.3 Å². The number of halogens is 1. The summed E-state index contributed by atoms with van der Waals surface area (Å²) in [6.07, 6.45) is 0. The highest BCUT2D eigenvalue weighted by atomic mass is 127. The standard InChI is InChI=1S/C22H28N4O2.HI/c1-4-27-10-11-28-21-12-17(2)8-9-20(21)16-26-22(24-3)25-15-19-7-5-6-18(13-19)14-23;/h5-9,12-13H,4,10-11,15-16H2,1-3H3,(H2,24,25,26);1H. The molecule has 0 aromatic heterocycles. The molecular weight excluding hydrogens is 479 g/mol. The van der Waals surface area contributed by atoms with Crippen LogP contribution in [-0.2, 0) is 17.8 Å². The van der Waals surface area contributed by atoms with Crippen LogP contribution in [0.15, 0.2) is 47.5 Å². The summed E-state index contributed by atoms with van der Waals surface area (Å²) in [6, 6.07) is 15.8. The first-order valence-electron chi connectivity index (χ1n) is 9.40. The van der Waals surface area contributed by atoms with Crippen LogP contribution in [-0.4, -0.2) is 32.8 Å². The predicted molar refractivity (Wildman–Crippen MR) is 127 cm³/mol. The number of guanidine groups is 1. The van der Waals surface area contributed by atoms with Crippen molar-refractivity contribution >= 4 is 29.9 Å². The SMILES string of the molecule is CCOCCOc1cc(C)ccc1CNC(=NC)NCc1cccc(C#N)c1.I. The van der Waals surface area contributed by atoms with E-state index in [0.717, 1.165) is 22.4 Å². The summed E-state index contributed by atoms with van der Waals surface area (Å²) in [6.45, 7) is 6.96. The molecule has 7 heteroatoms. The van der Waals surface area contributed by atoms with Crippen molar-refractivity contribution in [3.63, 3.8) is 0 Å². The van der Waals surface area contributed by atoms with Crippen LogP contribution in [0.1, 0.15) is 29.2 Å². The van der Waals surface area contributed by atoms with Crippen LogP contribution in [0.3, 0.4) is 0 Å². The van der Waals surface area contributed by atoms with Crippen LogP contribution in [0.5, 0.6) is 5.75 Å². The molecule has 0 saturated heterocycles. The summed E-state index contributed by atoms with van der Waals surface area (Å²) < 4.78 is 11.2. The Kier molecular flexibility index (Phi) is 11.8. The molecule has 0 spiro atoms. The van der Waals surface area contributed by atoms with E-state index in [-0.39, 0.29) is 24.0 Å². The Hall–Kier alpha value is -2.31. The van der Waals surface area contributed by atoms with Crippen molar-refractivity contribution < 1.29 is 9.47 Å². The van der Waals surface area contributed by atoms with Gasteiger partial charge in [-0.3, -0.25) is 4.99 Å². The normalized spacial score (nSPS) is 10.6. The Morgan fingerprint density at radius 3 is 2.62 bits per heavy atom. The zero-order chi connectivity index (χ0) is 20.2. The van der Waals surface area contributed by atoms with Crippen molar-refractivity contribution in [1.82, 2.24) is 10.6 Å². The topological polar surface area (TPSA) is 78.7 Å². The number of aryl methyl sites for hydroxylation is 1. The molecule has 0 aliphatic heterocycles. The zero-order valence-electron chi connectivity index (χ0n) is 17.2. The molecule has 0 aliphatic rings. The van der Waals surface area contributed by atoms with Gasteiger partial charge in [0, 0.05) is 32.3 Å². The molecule has 0 radical (unpaired) electrons. The third-order valence-electron chi connectivity index (χ3n) is 4.10. The number of rotatable bonds is 9. The molecule has 2 aromatic rings. The highest BCUT2D eigenvalue weighted by molar-refractivity contribution is 14.0. The number of nitrogens with zero attached hydrogens (tertiary/aromatic N) is 2. The van der Waals surface area contributed by atoms with Gasteiger partial charge >= 0.3 is 0 Å². The van der Waals surface area contributed by atoms with Crippen molar-refractivity contribution in [1.29, 1.82) is 5.26 Å². The molecule has 0 amide bonds. The Morgan fingerprint density at radius 2 is 1.90 bits per heavy atom. The first-order chi connectivity index (χ1) is 13.7. The highest BCUT2D eigenvalue weighted by Gasteiger charge is 2.06. The number of aliphatic imine (C=N–C) groups is 1. The summed E-state index contributed by atoms with van der Waals surface area (Å²) in [4.78, 5) is 4.26.